The Labute approximate surface area is 201 Å². The first-order valence-corrected chi connectivity index (χ1v) is 12.4. The van der Waals surface area contributed by atoms with Gasteiger partial charge in [-0.15, -0.1) is 0 Å². The molecule has 3 rings (SSSR count). The number of benzene rings is 3. The fraction of sp³-hybridized carbons (Fsp3) is 0.269. The summed E-state index contributed by atoms with van der Waals surface area (Å²) in [6.07, 6.45) is 0. The molecule has 0 spiro atoms. The summed E-state index contributed by atoms with van der Waals surface area (Å²) in [5.74, 6) is 0.785. The van der Waals surface area contributed by atoms with Gasteiger partial charge >= 0.3 is 0 Å². The van der Waals surface area contributed by atoms with Crippen LogP contribution in [0.3, 0.4) is 0 Å². The van der Waals surface area contributed by atoms with E-state index in [-0.39, 0.29) is 17.5 Å². The highest BCUT2D eigenvalue weighted by molar-refractivity contribution is 7.92. The van der Waals surface area contributed by atoms with Crippen LogP contribution in [-0.2, 0) is 14.8 Å². The van der Waals surface area contributed by atoms with Crippen LogP contribution in [0, 0.1) is 6.92 Å². The number of amides is 1. The molecule has 0 saturated carbocycles. The van der Waals surface area contributed by atoms with Crippen molar-refractivity contribution in [2.75, 3.05) is 24.6 Å². The van der Waals surface area contributed by atoms with Gasteiger partial charge in [-0.3, -0.25) is 9.10 Å². The molecule has 0 aliphatic carbocycles. The lowest BCUT2D eigenvalue weighted by molar-refractivity contribution is -0.120. The van der Waals surface area contributed by atoms with Crippen LogP contribution in [0.4, 0.5) is 5.69 Å². The van der Waals surface area contributed by atoms with Gasteiger partial charge in [0.25, 0.3) is 10.0 Å². The quantitative estimate of drug-likeness (QED) is 0.461. The van der Waals surface area contributed by atoms with Gasteiger partial charge < -0.3 is 14.8 Å². The van der Waals surface area contributed by atoms with Crippen molar-refractivity contribution in [2.24, 2.45) is 0 Å². The number of sulfonamides is 1. The van der Waals surface area contributed by atoms with E-state index in [0.717, 1.165) is 15.4 Å². The minimum Gasteiger partial charge on any atom is -0.496 e. The lowest BCUT2D eigenvalue weighted by Gasteiger charge is -2.25. The average Bonchev–Trinajstić information content (AvgIpc) is 2.83. The molecule has 7 nitrogen and oxygen atoms in total. The summed E-state index contributed by atoms with van der Waals surface area (Å²) in [6.45, 7) is 5.70. The summed E-state index contributed by atoms with van der Waals surface area (Å²) in [6, 6.07) is 20.2. The predicted molar refractivity (Wildman–Crippen MR) is 133 cm³/mol. The summed E-state index contributed by atoms with van der Waals surface area (Å²) >= 11 is 0. The zero-order chi connectivity index (χ0) is 24.7. The van der Waals surface area contributed by atoms with Crippen molar-refractivity contribution in [1.82, 2.24) is 5.32 Å². The third-order valence-corrected chi connectivity index (χ3v) is 7.10. The van der Waals surface area contributed by atoms with Crippen LogP contribution in [0.15, 0.2) is 77.7 Å². The maximum absolute atomic E-state index is 13.6. The molecule has 1 atom stereocenters. The maximum atomic E-state index is 13.6. The predicted octanol–water partition coefficient (Wildman–Crippen LogP) is 4.48. The van der Waals surface area contributed by atoms with Crippen LogP contribution >= 0.6 is 0 Å². The molecule has 0 aliphatic rings. The lowest BCUT2D eigenvalue weighted by Crippen LogP contribution is -2.41. The van der Waals surface area contributed by atoms with E-state index in [1.807, 2.05) is 57.2 Å². The van der Waals surface area contributed by atoms with Gasteiger partial charge in [0.15, 0.2) is 0 Å². The van der Waals surface area contributed by atoms with Crippen LogP contribution in [0.1, 0.15) is 31.0 Å². The second-order valence-electron chi connectivity index (χ2n) is 7.78. The summed E-state index contributed by atoms with van der Waals surface area (Å²) in [5, 5.41) is 2.89. The molecule has 0 radical (unpaired) electrons. The van der Waals surface area contributed by atoms with Gasteiger partial charge in [-0.2, -0.15) is 0 Å². The van der Waals surface area contributed by atoms with Gasteiger partial charge in [0.05, 0.1) is 30.3 Å². The fourth-order valence-corrected chi connectivity index (χ4v) is 4.97. The number of anilines is 1. The number of carbonyl (C=O) groups is 1. The topological polar surface area (TPSA) is 84.9 Å². The summed E-state index contributed by atoms with van der Waals surface area (Å²) < 4.78 is 39.0. The number of hydrogen-bond acceptors (Lipinski definition) is 5. The molecular formula is C26H30N2O5S. The Bertz CT molecular complexity index is 1210. The monoisotopic (exact) mass is 482 g/mol. The van der Waals surface area contributed by atoms with Crippen molar-refractivity contribution in [3.8, 4) is 11.5 Å². The second-order valence-corrected chi connectivity index (χ2v) is 9.65. The number of nitrogens with zero attached hydrogens (tertiary/aromatic N) is 1. The fourth-order valence-electron chi connectivity index (χ4n) is 3.55. The number of nitrogens with one attached hydrogen (secondary N) is 1. The molecule has 1 N–H and O–H groups in total. The number of rotatable bonds is 10. The van der Waals surface area contributed by atoms with E-state index in [1.54, 1.807) is 31.4 Å². The minimum absolute atomic E-state index is 0.0714. The lowest BCUT2D eigenvalue weighted by atomic mass is 10.1. The first-order chi connectivity index (χ1) is 16.3. The minimum atomic E-state index is -4.01. The highest BCUT2D eigenvalue weighted by atomic mass is 32.2. The first kappa shape index (κ1) is 25.1. The molecule has 34 heavy (non-hydrogen) atoms. The third kappa shape index (κ3) is 5.88. The number of carbonyl (C=O) groups excluding carboxylic acids is 1. The van der Waals surface area contributed by atoms with Crippen molar-refractivity contribution in [3.05, 3.63) is 83.9 Å². The van der Waals surface area contributed by atoms with Crippen LogP contribution in [0.2, 0.25) is 0 Å². The molecule has 0 aliphatic heterocycles. The van der Waals surface area contributed by atoms with E-state index in [9.17, 15) is 13.2 Å². The Kier molecular flexibility index (Phi) is 8.17. The molecule has 8 heteroatoms. The zero-order valence-corrected chi connectivity index (χ0v) is 20.6. The van der Waals surface area contributed by atoms with Crippen LogP contribution in [-0.4, -0.2) is 34.6 Å². The van der Waals surface area contributed by atoms with Crippen molar-refractivity contribution < 1.29 is 22.7 Å². The van der Waals surface area contributed by atoms with E-state index in [1.165, 1.54) is 12.1 Å². The molecule has 0 saturated heterocycles. The summed E-state index contributed by atoms with van der Waals surface area (Å²) in [7, 11) is -2.45. The Hall–Kier alpha value is -3.52. The van der Waals surface area contributed by atoms with E-state index >= 15 is 0 Å². The normalized spacial score (nSPS) is 12.0. The first-order valence-electron chi connectivity index (χ1n) is 11.0. The largest absolute Gasteiger partial charge is 0.496 e. The molecule has 1 amide bonds. The third-order valence-electron chi connectivity index (χ3n) is 5.31. The van der Waals surface area contributed by atoms with Crippen LogP contribution in [0.25, 0.3) is 0 Å². The Balaban J connectivity index is 1.88. The smallest absolute Gasteiger partial charge is 0.264 e. The van der Waals surface area contributed by atoms with Crippen molar-refractivity contribution in [2.45, 2.75) is 31.7 Å². The second kappa shape index (κ2) is 11.1. The Morgan fingerprint density at radius 2 is 1.65 bits per heavy atom. The standard InChI is InChI=1S/C26H30N2O5S/c1-5-33-22-14-16-23(17-15-22)34(30,31)28(21-12-10-19(2)11-13-21)18-26(29)27-20(3)24-8-6-7-9-25(24)32-4/h6-17,20H,5,18H2,1-4H3,(H,27,29)/t20-/m0/s1. The van der Waals surface area contributed by atoms with Crippen molar-refractivity contribution >= 4 is 21.6 Å². The van der Waals surface area contributed by atoms with Crippen LogP contribution in [0.5, 0.6) is 11.5 Å². The molecule has 0 heterocycles. The van der Waals surface area contributed by atoms with E-state index in [0.29, 0.717) is 23.8 Å². The van der Waals surface area contributed by atoms with Crippen molar-refractivity contribution in [3.63, 3.8) is 0 Å². The Morgan fingerprint density at radius 3 is 2.26 bits per heavy atom. The molecule has 3 aromatic carbocycles. The van der Waals surface area contributed by atoms with Crippen molar-refractivity contribution in [1.29, 1.82) is 0 Å². The molecule has 0 fully saturated rings. The van der Waals surface area contributed by atoms with Gasteiger partial charge in [0.2, 0.25) is 5.91 Å². The molecule has 0 aromatic heterocycles. The van der Waals surface area contributed by atoms with Gasteiger partial charge in [0, 0.05) is 5.56 Å². The number of aryl methyl sites for hydroxylation is 1. The van der Waals surface area contributed by atoms with Gasteiger partial charge in [-0.05, 0) is 63.2 Å². The average molecular weight is 483 g/mol. The highest BCUT2D eigenvalue weighted by Crippen LogP contribution is 2.27. The SMILES string of the molecule is CCOc1ccc(S(=O)(=O)N(CC(=O)N[C@@H](C)c2ccccc2OC)c2ccc(C)cc2)cc1. The van der Waals surface area contributed by atoms with E-state index < -0.39 is 15.9 Å². The summed E-state index contributed by atoms with van der Waals surface area (Å²) in [5.41, 5.74) is 2.19. The zero-order valence-electron chi connectivity index (χ0n) is 19.8. The number of hydrogen-bond donors (Lipinski definition) is 1. The molecule has 180 valence electrons. The van der Waals surface area contributed by atoms with E-state index in [2.05, 4.69) is 5.32 Å². The molecule has 0 unspecified atom stereocenters. The van der Waals surface area contributed by atoms with Gasteiger partial charge in [-0.1, -0.05) is 35.9 Å². The summed E-state index contributed by atoms with van der Waals surface area (Å²) in [4.78, 5) is 13.1. The molecular weight excluding hydrogens is 452 g/mol. The van der Waals surface area contributed by atoms with Gasteiger partial charge in [0.1, 0.15) is 18.0 Å². The number of para-hydroxylation sites is 1. The Morgan fingerprint density at radius 1 is 1.00 bits per heavy atom. The maximum Gasteiger partial charge on any atom is 0.264 e. The molecule has 0 bridgehead atoms. The number of methoxy groups -OCH3 is 1. The number of ether oxygens (including phenoxy) is 2. The van der Waals surface area contributed by atoms with Crippen LogP contribution < -0.4 is 19.1 Å². The van der Waals surface area contributed by atoms with Gasteiger partial charge in [-0.25, -0.2) is 8.42 Å². The molecule has 3 aromatic rings. The highest BCUT2D eigenvalue weighted by Gasteiger charge is 2.28. The van der Waals surface area contributed by atoms with E-state index in [4.69, 9.17) is 9.47 Å².